The van der Waals surface area contributed by atoms with E-state index in [1.54, 1.807) is 18.3 Å². The molecule has 8 heteroatoms. The van der Waals surface area contributed by atoms with E-state index in [2.05, 4.69) is 20.4 Å². The minimum Gasteiger partial charge on any atom is -0.485 e. The molecule has 2 aromatic heterocycles. The predicted octanol–water partition coefficient (Wildman–Crippen LogP) is 4.49. The third-order valence-corrected chi connectivity index (χ3v) is 6.34. The highest BCUT2D eigenvalue weighted by atomic mass is 19.1. The lowest BCUT2D eigenvalue weighted by Gasteiger charge is -2.12. The maximum absolute atomic E-state index is 14.9. The van der Waals surface area contributed by atoms with E-state index in [0.717, 1.165) is 33.9 Å². The van der Waals surface area contributed by atoms with Crippen molar-refractivity contribution in [1.82, 2.24) is 25.1 Å². The van der Waals surface area contributed by atoms with Gasteiger partial charge in [-0.1, -0.05) is 12.1 Å². The maximum atomic E-state index is 14.9. The zero-order chi connectivity index (χ0) is 25.4. The molecular formula is C28H28FN5O2. The summed E-state index contributed by atoms with van der Waals surface area (Å²) in [6.45, 7) is 8.63. The second-order valence-electron chi connectivity index (χ2n) is 9.33. The number of hydrogen-bond donors (Lipinski definition) is 1. The molecule has 0 spiro atoms. The van der Waals surface area contributed by atoms with Crippen LogP contribution in [0.1, 0.15) is 44.3 Å². The molecule has 1 N–H and O–H groups in total. The Labute approximate surface area is 209 Å². The van der Waals surface area contributed by atoms with Crippen LogP contribution in [-0.2, 0) is 13.0 Å². The molecule has 0 saturated carbocycles. The number of halogens is 1. The van der Waals surface area contributed by atoms with Gasteiger partial charge in [0.05, 0.1) is 35.9 Å². The molecule has 184 valence electrons. The lowest BCUT2D eigenvalue weighted by Crippen LogP contribution is -2.34. The fourth-order valence-corrected chi connectivity index (χ4v) is 4.53. The van der Waals surface area contributed by atoms with Gasteiger partial charge in [-0.2, -0.15) is 5.10 Å². The fourth-order valence-electron chi connectivity index (χ4n) is 4.53. The summed E-state index contributed by atoms with van der Waals surface area (Å²) in [5, 5.41) is 7.39. The van der Waals surface area contributed by atoms with E-state index in [1.165, 1.54) is 6.07 Å². The van der Waals surface area contributed by atoms with E-state index in [-0.39, 0.29) is 24.3 Å². The summed E-state index contributed by atoms with van der Waals surface area (Å²) in [7, 11) is 0. The molecule has 0 aliphatic carbocycles. The molecule has 3 heterocycles. The van der Waals surface area contributed by atoms with Gasteiger partial charge in [0.15, 0.2) is 11.6 Å². The van der Waals surface area contributed by atoms with Crippen LogP contribution in [0.15, 0.2) is 48.7 Å². The van der Waals surface area contributed by atoms with Gasteiger partial charge in [-0.25, -0.2) is 9.37 Å². The third-order valence-electron chi connectivity index (χ3n) is 6.34. The number of amides is 1. The second kappa shape index (κ2) is 9.53. The molecule has 4 aromatic rings. The number of carbonyl (C=O) groups excluding carboxylic acids is 1. The Morgan fingerprint density at radius 3 is 2.61 bits per heavy atom. The van der Waals surface area contributed by atoms with Gasteiger partial charge in [-0.15, -0.1) is 0 Å². The zero-order valence-corrected chi connectivity index (χ0v) is 20.8. The van der Waals surface area contributed by atoms with Gasteiger partial charge in [0.2, 0.25) is 0 Å². The lowest BCUT2D eigenvalue weighted by atomic mass is 10.0. The van der Waals surface area contributed by atoms with Crippen LogP contribution in [0, 0.1) is 33.5 Å². The highest BCUT2D eigenvalue weighted by Crippen LogP contribution is 2.36. The Hall–Kier alpha value is -4.07. The molecular weight excluding hydrogens is 457 g/mol. The van der Waals surface area contributed by atoms with Crippen LogP contribution in [0.5, 0.6) is 5.75 Å². The van der Waals surface area contributed by atoms with Gasteiger partial charge in [-0.05, 0) is 63.6 Å². The van der Waals surface area contributed by atoms with Crippen LogP contribution in [0.4, 0.5) is 4.39 Å². The zero-order valence-electron chi connectivity index (χ0n) is 20.8. The second-order valence-corrected chi connectivity index (χ2v) is 9.33. The van der Waals surface area contributed by atoms with E-state index in [0.29, 0.717) is 29.8 Å². The Balaban J connectivity index is 1.21. The van der Waals surface area contributed by atoms with E-state index in [1.807, 2.05) is 56.6 Å². The van der Waals surface area contributed by atoms with Crippen LogP contribution in [0.3, 0.4) is 0 Å². The van der Waals surface area contributed by atoms with Crippen LogP contribution in [0.25, 0.3) is 11.3 Å². The summed E-state index contributed by atoms with van der Waals surface area (Å²) in [5.41, 5.74) is 7.31. The molecule has 0 radical (unpaired) electrons. The summed E-state index contributed by atoms with van der Waals surface area (Å²) in [4.78, 5) is 21.6. The molecule has 36 heavy (non-hydrogen) atoms. The van der Waals surface area contributed by atoms with Crippen molar-refractivity contribution in [2.75, 3.05) is 6.54 Å². The molecule has 1 unspecified atom stereocenters. The number of rotatable bonds is 6. The predicted molar refractivity (Wildman–Crippen MR) is 135 cm³/mol. The van der Waals surface area contributed by atoms with Crippen molar-refractivity contribution in [1.29, 1.82) is 0 Å². The van der Waals surface area contributed by atoms with Gasteiger partial charge < -0.3 is 10.1 Å². The number of aryl methyl sites for hydroxylation is 4. The molecule has 0 bridgehead atoms. The lowest BCUT2D eigenvalue weighted by molar-refractivity contribution is 0.0933. The Kier molecular flexibility index (Phi) is 6.26. The molecule has 1 amide bonds. The summed E-state index contributed by atoms with van der Waals surface area (Å²) in [6, 6.07) is 12.8. The van der Waals surface area contributed by atoms with Crippen molar-refractivity contribution in [3.63, 3.8) is 0 Å². The average molecular weight is 486 g/mol. The third kappa shape index (κ3) is 4.84. The first kappa shape index (κ1) is 23.7. The number of ether oxygens (including phenoxy) is 1. The molecule has 0 saturated heterocycles. The minimum atomic E-state index is -0.433. The van der Waals surface area contributed by atoms with Gasteiger partial charge in [0, 0.05) is 35.0 Å². The van der Waals surface area contributed by atoms with Crippen molar-refractivity contribution >= 4 is 5.91 Å². The summed E-state index contributed by atoms with van der Waals surface area (Å²) >= 11 is 0. The normalized spacial score (nSPS) is 14.4. The number of nitrogens with zero attached hydrogens (tertiary/aromatic N) is 4. The van der Waals surface area contributed by atoms with Gasteiger partial charge >= 0.3 is 0 Å². The standard InChI is InChI=1S/C28H28FN5O2/c1-16-9-18(3)34(33-16)15-20-5-7-21(8-6-20)28(35)31-14-24-11-23-10-22(12-25(29)27(23)36-24)26-19(4)30-13-17(2)32-26/h5-10,12-13,24H,11,14-15H2,1-4H3,(H,31,35). The van der Waals surface area contributed by atoms with Crippen LogP contribution in [-0.4, -0.2) is 38.3 Å². The minimum absolute atomic E-state index is 0.195. The summed E-state index contributed by atoms with van der Waals surface area (Å²) in [6.07, 6.45) is 1.85. The van der Waals surface area contributed by atoms with Crippen molar-refractivity contribution in [3.05, 3.63) is 93.9 Å². The molecule has 5 rings (SSSR count). The number of nitrogens with one attached hydrogen (secondary N) is 1. The van der Waals surface area contributed by atoms with Gasteiger partial charge in [0.25, 0.3) is 5.91 Å². The SMILES string of the molecule is Cc1cnc(C)c(-c2cc(F)c3c(c2)CC(CNC(=O)c2ccc(Cn4nc(C)cc4C)cc2)O3)n1. The number of hydrogen-bond acceptors (Lipinski definition) is 5. The topological polar surface area (TPSA) is 81.9 Å². The van der Waals surface area contributed by atoms with E-state index >= 15 is 0 Å². The first-order valence-corrected chi connectivity index (χ1v) is 11.9. The number of fused-ring (bicyclic) bond motifs is 1. The van der Waals surface area contributed by atoms with E-state index in [4.69, 9.17) is 4.74 Å². The fraction of sp³-hybridized carbons (Fsp3) is 0.286. The van der Waals surface area contributed by atoms with Gasteiger partial charge in [0.1, 0.15) is 6.10 Å². The number of carbonyl (C=O) groups is 1. The Morgan fingerprint density at radius 2 is 1.89 bits per heavy atom. The molecule has 1 atom stereocenters. The number of aromatic nitrogens is 4. The van der Waals surface area contributed by atoms with Crippen LogP contribution in [0.2, 0.25) is 0 Å². The van der Waals surface area contributed by atoms with Crippen molar-refractivity contribution in [3.8, 4) is 17.0 Å². The van der Waals surface area contributed by atoms with Crippen molar-refractivity contribution in [2.45, 2.75) is 46.8 Å². The molecule has 1 aliphatic heterocycles. The van der Waals surface area contributed by atoms with Gasteiger partial charge in [-0.3, -0.25) is 14.5 Å². The highest BCUT2D eigenvalue weighted by Gasteiger charge is 2.28. The van der Waals surface area contributed by atoms with E-state index in [9.17, 15) is 9.18 Å². The van der Waals surface area contributed by atoms with E-state index < -0.39 is 5.82 Å². The first-order valence-electron chi connectivity index (χ1n) is 11.9. The highest BCUT2D eigenvalue weighted by molar-refractivity contribution is 5.94. The Bertz CT molecular complexity index is 1450. The summed E-state index contributed by atoms with van der Waals surface area (Å²) in [5.74, 6) is -0.388. The maximum Gasteiger partial charge on any atom is 0.251 e. The Morgan fingerprint density at radius 1 is 1.11 bits per heavy atom. The van der Waals surface area contributed by atoms with Crippen LogP contribution >= 0.6 is 0 Å². The smallest absolute Gasteiger partial charge is 0.251 e. The number of benzene rings is 2. The molecule has 7 nitrogen and oxygen atoms in total. The van der Waals surface area contributed by atoms with Crippen LogP contribution < -0.4 is 10.1 Å². The first-order chi connectivity index (χ1) is 17.3. The molecule has 1 aliphatic rings. The molecule has 2 aromatic carbocycles. The quantitative estimate of drug-likeness (QED) is 0.435. The summed E-state index contributed by atoms with van der Waals surface area (Å²) < 4.78 is 22.6. The monoisotopic (exact) mass is 485 g/mol. The van der Waals surface area contributed by atoms with Crippen molar-refractivity contribution in [2.24, 2.45) is 0 Å². The van der Waals surface area contributed by atoms with Crippen molar-refractivity contribution < 1.29 is 13.9 Å². The largest absolute Gasteiger partial charge is 0.485 e. The molecule has 0 fully saturated rings. The average Bonchev–Trinajstić information content (AvgIpc) is 3.41.